The average molecular weight is 291 g/mol. The Labute approximate surface area is 126 Å². The number of aliphatic imine (C=N–C) groups is 1. The van der Waals surface area contributed by atoms with Gasteiger partial charge in [-0.25, -0.2) is 0 Å². The van der Waals surface area contributed by atoms with Crippen molar-refractivity contribution in [3.05, 3.63) is 35.9 Å². The van der Waals surface area contributed by atoms with Crippen molar-refractivity contribution in [1.29, 1.82) is 0 Å². The number of amidine groups is 1. The van der Waals surface area contributed by atoms with Crippen LogP contribution in [-0.2, 0) is 6.42 Å². The molecule has 1 aromatic rings. The van der Waals surface area contributed by atoms with Crippen LogP contribution in [0.3, 0.4) is 0 Å². The number of thioether (sulfide) groups is 1. The molecule has 0 fully saturated rings. The molecule has 3 nitrogen and oxygen atoms in total. The van der Waals surface area contributed by atoms with Gasteiger partial charge in [0.1, 0.15) is 0 Å². The van der Waals surface area contributed by atoms with Crippen molar-refractivity contribution in [2.24, 2.45) is 4.99 Å². The largest absolute Gasteiger partial charge is 0.362 e. The third-order valence-electron chi connectivity index (χ3n) is 3.41. The molecule has 0 saturated heterocycles. The SMILES string of the molecule is CC(CCN(C)C)NC1=NC(Cc2ccccc2)CS1. The van der Waals surface area contributed by atoms with Crippen molar-refractivity contribution in [2.45, 2.75) is 31.8 Å². The van der Waals surface area contributed by atoms with Gasteiger partial charge in [-0.05, 0) is 46.0 Å². The Bertz CT molecular complexity index is 431. The number of benzene rings is 1. The van der Waals surface area contributed by atoms with Crippen molar-refractivity contribution in [3.8, 4) is 0 Å². The van der Waals surface area contributed by atoms with Gasteiger partial charge in [0.15, 0.2) is 5.17 Å². The van der Waals surface area contributed by atoms with Crippen molar-refractivity contribution in [3.63, 3.8) is 0 Å². The minimum atomic E-state index is 0.422. The van der Waals surface area contributed by atoms with Gasteiger partial charge >= 0.3 is 0 Å². The normalized spacial score (nSPS) is 20.0. The highest BCUT2D eigenvalue weighted by Crippen LogP contribution is 2.20. The van der Waals surface area contributed by atoms with Crippen LogP contribution >= 0.6 is 11.8 Å². The molecule has 2 atom stereocenters. The highest BCUT2D eigenvalue weighted by Gasteiger charge is 2.19. The second-order valence-electron chi connectivity index (χ2n) is 5.73. The van der Waals surface area contributed by atoms with E-state index in [4.69, 9.17) is 4.99 Å². The zero-order chi connectivity index (χ0) is 14.4. The van der Waals surface area contributed by atoms with Crippen LogP contribution in [0.4, 0.5) is 0 Å². The van der Waals surface area contributed by atoms with Crippen LogP contribution in [0.15, 0.2) is 35.3 Å². The van der Waals surface area contributed by atoms with E-state index < -0.39 is 0 Å². The Morgan fingerprint density at radius 2 is 2.10 bits per heavy atom. The number of nitrogens with one attached hydrogen (secondary N) is 1. The van der Waals surface area contributed by atoms with Gasteiger partial charge in [-0.15, -0.1) is 0 Å². The molecule has 0 amide bonds. The predicted octanol–water partition coefficient (Wildman–Crippen LogP) is 2.63. The molecular formula is C16H25N3S. The molecule has 110 valence electrons. The number of rotatable bonds is 6. The maximum absolute atomic E-state index is 4.81. The Morgan fingerprint density at radius 1 is 1.35 bits per heavy atom. The van der Waals surface area contributed by atoms with Gasteiger partial charge in [0.25, 0.3) is 0 Å². The number of hydrogen-bond donors (Lipinski definition) is 1. The lowest BCUT2D eigenvalue weighted by Gasteiger charge is -2.17. The molecule has 0 saturated carbocycles. The number of nitrogens with zero attached hydrogens (tertiary/aromatic N) is 2. The fraction of sp³-hybridized carbons (Fsp3) is 0.562. The minimum absolute atomic E-state index is 0.422. The van der Waals surface area contributed by atoms with Gasteiger partial charge in [-0.3, -0.25) is 4.99 Å². The van der Waals surface area contributed by atoms with E-state index >= 15 is 0 Å². The summed E-state index contributed by atoms with van der Waals surface area (Å²) in [6.45, 7) is 3.34. The minimum Gasteiger partial charge on any atom is -0.362 e. The molecule has 1 aliphatic rings. The summed E-state index contributed by atoms with van der Waals surface area (Å²) in [7, 11) is 4.23. The topological polar surface area (TPSA) is 27.6 Å². The number of hydrogen-bond acceptors (Lipinski definition) is 4. The van der Waals surface area contributed by atoms with Crippen LogP contribution in [0.2, 0.25) is 0 Å². The Morgan fingerprint density at radius 3 is 2.80 bits per heavy atom. The molecule has 2 unspecified atom stereocenters. The molecule has 0 radical (unpaired) electrons. The molecular weight excluding hydrogens is 266 g/mol. The smallest absolute Gasteiger partial charge is 0.157 e. The molecule has 2 rings (SSSR count). The first-order chi connectivity index (χ1) is 9.63. The lowest BCUT2D eigenvalue weighted by Crippen LogP contribution is -2.32. The zero-order valence-corrected chi connectivity index (χ0v) is 13.5. The molecule has 0 aliphatic carbocycles. The Balaban J connectivity index is 1.78. The molecule has 20 heavy (non-hydrogen) atoms. The molecule has 0 aromatic heterocycles. The van der Waals surface area contributed by atoms with E-state index in [1.165, 1.54) is 5.56 Å². The molecule has 1 N–H and O–H groups in total. The van der Waals surface area contributed by atoms with Gasteiger partial charge in [-0.1, -0.05) is 42.1 Å². The Kier molecular flexibility index (Phi) is 5.92. The molecule has 1 heterocycles. The second kappa shape index (κ2) is 7.70. The van der Waals surface area contributed by atoms with E-state index in [1.807, 2.05) is 11.8 Å². The highest BCUT2D eigenvalue weighted by atomic mass is 32.2. The van der Waals surface area contributed by atoms with Crippen LogP contribution in [0.5, 0.6) is 0 Å². The second-order valence-corrected chi connectivity index (χ2v) is 6.73. The van der Waals surface area contributed by atoms with E-state index in [0.717, 1.165) is 30.3 Å². The lowest BCUT2D eigenvalue weighted by molar-refractivity contribution is 0.379. The summed E-state index contributed by atoms with van der Waals surface area (Å²) in [6, 6.07) is 11.5. The molecule has 0 bridgehead atoms. The first-order valence-electron chi connectivity index (χ1n) is 7.29. The van der Waals surface area contributed by atoms with E-state index in [2.05, 4.69) is 61.6 Å². The van der Waals surface area contributed by atoms with Crippen LogP contribution in [0.1, 0.15) is 18.9 Å². The average Bonchev–Trinajstić information content (AvgIpc) is 2.85. The van der Waals surface area contributed by atoms with Crippen LogP contribution < -0.4 is 5.32 Å². The summed E-state index contributed by atoms with van der Waals surface area (Å²) in [5, 5.41) is 4.66. The van der Waals surface area contributed by atoms with Gasteiger partial charge < -0.3 is 10.2 Å². The summed E-state index contributed by atoms with van der Waals surface area (Å²) >= 11 is 1.86. The van der Waals surface area contributed by atoms with Crippen molar-refractivity contribution in [1.82, 2.24) is 10.2 Å². The van der Waals surface area contributed by atoms with E-state index in [-0.39, 0.29) is 0 Å². The van der Waals surface area contributed by atoms with Crippen molar-refractivity contribution >= 4 is 16.9 Å². The third-order valence-corrected chi connectivity index (χ3v) is 4.45. The predicted molar refractivity (Wildman–Crippen MR) is 89.6 cm³/mol. The van der Waals surface area contributed by atoms with Crippen molar-refractivity contribution < 1.29 is 0 Å². The first kappa shape index (κ1) is 15.4. The molecule has 1 aliphatic heterocycles. The third kappa shape index (κ3) is 5.17. The van der Waals surface area contributed by atoms with Gasteiger partial charge in [0.05, 0.1) is 6.04 Å². The van der Waals surface area contributed by atoms with Crippen molar-refractivity contribution in [2.75, 3.05) is 26.4 Å². The summed E-state index contributed by atoms with van der Waals surface area (Å²) < 4.78 is 0. The molecule has 4 heteroatoms. The maximum Gasteiger partial charge on any atom is 0.157 e. The monoisotopic (exact) mass is 291 g/mol. The van der Waals surface area contributed by atoms with E-state index in [1.54, 1.807) is 0 Å². The summed E-state index contributed by atoms with van der Waals surface area (Å²) in [6.07, 6.45) is 2.20. The highest BCUT2D eigenvalue weighted by molar-refractivity contribution is 8.14. The van der Waals surface area contributed by atoms with Gasteiger partial charge in [0.2, 0.25) is 0 Å². The fourth-order valence-corrected chi connectivity index (χ4v) is 3.27. The van der Waals surface area contributed by atoms with Gasteiger partial charge in [-0.2, -0.15) is 0 Å². The quantitative estimate of drug-likeness (QED) is 0.873. The standard InChI is InChI=1S/C16H25N3S/c1-13(9-10-19(2)3)17-16-18-15(12-20-16)11-14-7-5-4-6-8-14/h4-8,13,15H,9-12H2,1-3H3,(H,17,18). The molecule has 0 spiro atoms. The lowest BCUT2D eigenvalue weighted by atomic mass is 10.1. The van der Waals surface area contributed by atoms with E-state index in [9.17, 15) is 0 Å². The summed E-state index contributed by atoms with van der Waals surface area (Å²) in [5.74, 6) is 1.09. The van der Waals surface area contributed by atoms with E-state index in [0.29, 0.717) is 12.1 Å². The summed E-state index contributed by atoms with van der Waals surface area (Å²) in [5.41, 5.74) is 1.38. The Hall–Kier alpha value is -1.00. The van der Waals surface area contributed by atoms with Gasteiger partial charge in [0, 0.05) is 11.8 Å². The van der Waals surface area contributed by atoms with Crippen LogP contribution in [0, 0.1) is 0 Å². The maximum atomic E-state index is 4.81. The summed E-state index contributed by atoms with van der Waals surface area (Å²) in [4.78, 5) is 7.03. The zero-order valence-electron chi connectivity index (χ0n) is 12.7. The van der Waals surface area contributed by atoms with Crippen LogP contribution in [-0.4, -0.2) is 48.5 Å². The van der Waals surface area contributed by atoms with Crippen LogP contribution in [0.25, 0.3) is 0 Å². The fourth-order valence-electron chi connectivity index (χ4n) is 2.22. The first-order valence-corrected chi connectivity index (χ1v) is 8.28. The molecule has 1 aromatic carbocycles.